The van der Waals surface area contributed by atoms with Gasteiger partial charge in [-0.25, -0.2) is 0 Å². The van der Waals surface area contributed by atoms with Crippen LogP contribution in [0, 0.1) is 12.3 Å². The first kappa shape index (κ1) is 22.1. The van der Waals surface area contributed by atoms with E-state index in [0.717, 1.165) is 22.2 Å². The van der Waals surface area contributed by atoms with E-state index >= 15 is 0 Å². The highest BCUT2D eigenvalue weighted by atomic mass is 79.9. The summed E-state index contributed by atoms with van der Waals surface area (Å²) >= 11 is 22.7. The van der Waals surface area contributed by atoms with Crippen molar-refractivity contribution in [1.29, 1.82) is 0 Å². The number of hydrogen-bond acceptors (Lipinski definition) is 4. The SMILES string of the molecule is C#CCN1C(=O)S/C(=C/c2cc(Cl)c(OCc3ccc(Cl)cc3Cl)c(Br)c2)C1=O. The van der Waals surface area contributed by atoms with Gasteiger partial charge in [0.15, 0.2) is 5.75 Å². The molecule has 0 aliphatic carbocycles. The van der Waals surface area contributed by atoms with Crippen molar-refractivity contribution in [1.82, 2.24) is 4.90 Å². The first-order valence-corrected chi connectivity index (χ1v) is 10.8. The molecule has 0 N–H and O–H groups in total. The van der Waals surface area contributed by atoms with E-state index in [1.807, 2.05) is 0 Å². The first-order chi connectivity index (χ1) is 13.8. The molecular formula is C20H11BrCl3NO3S. The molecule has 4 nitrogen and oxygen atoms in total. The maximum absolute atomic E-state index is 12.3. The predicted molar refractivity (Wildman–Crippen MR) is 121 cm³/mol. The number of thioether (sulfide) groups is 1. The van der Waals surface area contributed by atoms with Crippen LogP contribution in [-0.2, 0) is 11.4 Å². The van der Waals surface area contributed by atoms with Gasteiger partial charge in [0.05, 0.1) is 20.9 Å². The number of halogens is 4. The van der Waals surface area contributed by atoms with Crippen LogP contribution in [0.15, 0.2) is 39.7 Å². The lowest BCUT2D eigenvalue weighted by atomic mass is 10.2. The summed E-state index contributed by atoms with van der Waals surface area (Å²) in [6.07, 6.45) is 6.78. The Bertz CT molecular complexity index is 1060. The van der Waals surface area contributed by atoms with Crippen molar-refractivity contribution in [2.45, 2.75) is 6.61 Å². The molecule has 1 fully saturated rings. The lowest BCUT2D eigenvalue weighted by molar-refractivity contribution is -0.122. The molecule has 1 aliphatic heterocycles. The number of carbonyl (C=O) groups is 2. The highest BCUT2D eigenvalue weighted by Crippen LogP contribution is 2.38. The molecule has 0 bridgehead atoms. The van der Waals surface area contributed by atoms with Crippen LogP contribution in [0.25, 0.3) is 6.08 Å². The topological polar surface area (TPSA) is 46.6 Å². The maximum atomic E-state index is 12.3. The van der Waals surface area contributed by atoms with E-state index in [2.05, 4.69) is 21.9 Å². The summed E-state index contributed by atoms with van der Waals surface area (Å²) in [6.45, 7) is 0.130. The zero-order chi connectivity index (χ0) is 21.1. The van der Waals surface area contributed by atoms with Crippen molar-refractivity contribution in [2.24, 2.45) is 0 Å². The average molecular weight is 532 g/mol. The van der Waals surface area contributed by atoms with Gasteiger partial charge in [0.1, 0.15) is 6.61 Å². The van der Waals surface area contributed by atoms with Gasteiger partial charge in [-0.15, -0.1) is 6.42 Å². The number of terminal acetylenes is 1. The van der Waals surface area contributed by atoms with Crippen LogP contribution < -0.4 is 4.74 Å². The van der Waals surface area contributed by atoms with Gasteiger partial charge in [0.25, 0.3) is 11.1 Å². The average Bonchev–Trinajstić information content (AvgIpc) is 2.90. The fraction of sp³-hybridized carbons (Fsp3) is 0.100. The highest BCUT2D eigenvalue weighted by Gasteiger charge is 2.34. The fourth-order valence-electron chi connectivity index (χ4n) is 2.47. The summed E-state index contributed by atoms with van der Waals surface area (Å²) in [5.74, 6) is 2.30. The third kappa shape index (κ3) is 5.11. The van der Waals surface area contributed by atoms with E-state index in [4.69, 9.17) is 46.0 Å². The molecule has 0 spiro atoms. The maximum Gasteiger partial charge on any atom is 0.294 e. The molecular weight excluding hydrogens is 521 g/mol. The summed E-state index contributed by atoms with van der Waals surface area (Å²) < 4.78 is 6.39. The lowest BCUT2D eigenvalue weighted by Gasteiger charge is -2.12. The van der Waals surface area contributed by atoms with Gasteiger partial charge >= 0.3 is 0 Å². The standard InChI is InChI=1S/C20H11BrCl3NO3S/c1-2-5-25-19(26)17(29-20(25)27)8-11-6-14(21)18(16(24)7-11)28-10-12-3-4-13(22)9-15(12)23/h1,3-4,6-9H,5,10H2/b17-8+. The van der Waals surface area contributed by atoms with Crippen molar-refractivity contribution in [3.05, 3.63) is 65.9 Å². The number of benzene rings is 2. The number of carbonyl (C=O) groups excluding carboxylic acids is 2. The van der Waals surface area contributed by atoms with Gasteiger partial charge < -0.3 is 4.74 Å². The van der Waals surface area contributed by atoms with Gasteiger partial charge in [0, 0.05) is 15.6 Å². The first-order valence-electron chi connectivity index (χ1n) is 8.04. The molecule has 1 heterocycles. The smallest absolute Gasteiger partial charge is 0.294 e. The zero-order valence-corrected chi connectivity index (χ0v) is 19.2. The molecule has 2 aromatic rings. The second kappa shape index (κ2) is 9.46. The van der Waals surface area contributed by atoms with Crippen molar-refractivity contribution in [2.75, 3.05) is 6.54 Å². The van der Waals surface area contributed by atoms with Crippen LogP contribution in [0.5, 0.6) is 5.75 Å². The van der Waals surface area contributed by atoms with Crippen molar-refractivity contribution in [3.63, 3.8) is 0 Å². The number of nitrogens with zero attached hydrogens (tertiary/aromatic N) is 1. The van der Waals surface area contributed by atoms with Crippen molar-refractivity contribution in [3.8, 4) is 18.1 Å². The van der Waals surface area contributed by atoms with Gasteiger partial charge in [-0.3, -0.25) is 14.5 Å². The van der Waals surface area contributed by atoms with Gasteiger partial charge in [-0.2, -0.15) is 0 Å². The van der Waals surface area contributed by atoms with Crippen LogP contribution in [-0.4, -0.2) is 22.6 Å². The quantitative estimate of drug-likeness (QED) is 0.320. The Morgan fingerprint density at radius 3 is 2.59 bits per heavy atom. The van der Waals surface area contributed by atoms with Crippen LogP contribution in [0.4, 0.5) is 4.79 Å². The van der Waals surface area contributed by atoms with E-state index in [1.165, 1.54) is 0 Å². The summed E-state index contributed by atoms with van der Waals surface area (Å²) in [5, 5.41) is 0.959. The summed E-state index contributed by atoms with van der Waals surface area (Å²) in [7, 11) is 0. The zero-order valence-electron chi connectivity index (χ0n) is 14.5. The Morgan fingerprint density at radius 2 is 1.93 bits per heavy atom. The molecule has 148 valence electrons. The van der Waals surface area contributed by atoms with E-state index in [-0.39, 0.29) is 18.1 Å². The van der Waals surface area contributed by atoms with E-state index < -0.39 is 11.1 Å². The van der Waals surface area contributed by atoms with Crippen molar-refractivity contribution >= 4 is 79.7 Å². The number of amides is 2. The predicted octanol–water partition coefficient (Wildman–Crippen LogP) is 6.66. The van der Waals surface area contributed by atoms with Crippen LogP contribution >= 0.6 is 62.5 Å². The minimum Gasteiger partial charge on any atom is -0.486 e. The Kier molecular flexibility index (Phi) is 7.20. The van der Waals surface area contributed by atoms with Crippen molar-refractivity contribution < 1.29 is 14.3 Å². The molecule has 3 rings (SSSR count). The van der Waals surface area contributed by atoms with Crippen LogP contribution in [0.3, 0.4) is 0 Å². The number of ether oxygens (including phenoxy) is 1. The summed E-state index contributed by atoms with van der Waals surface area (Å²) in [4.78, 5) is 25.5. The molecule has 0 saturated carbocycles. The minimum absolute atomic E-state index is 0.0630. The fourth-order valence-corrected chi connectivity index (χ4v) is 4.76. The Hall–Kier alpha value is -1.62. The molecule has 0 unspecified atom stereocenters. The second-order valence-electron chi connectivity index (χ2n) is 5.81. The third-order valence-corrected chi connectivity index (χ3v) is 6.19. The lowest BCUT2D eigenvalue weighted by Crippen LogP contribution is -2.28. The molecule has 0 atom stereocenters. The van der Waals surface area contributed by atoms with Gasteiger partial charge in [-0.05, 0) is 63.6 Å². The minimum atomic E-state index is -0.428. The number of imide groups is 1. The molecule has 2 aromatic carbocycles. The summed E-state index contributed by atoms with van der Waals surface area (Å²) in [5.41, 5.74) is 1.38. The Labute approximate surface area is 195 Å². The Morgan fingerprint density at radius 1 is 1.17 bits per heavy atom. The molecule has 2 amide bonds. The van der Waals surface area contributed by atoms with E-state index in [1.54, 1.807) is 36.4 Å². The molecule has 29 heavy (non-hydrogen) atoms. The van der Waals surface area contributed by atoms with Gasteiger partial charge in [-0.1, -0.05) is 46.8 Å². The third-order valence-electron chi connectivity index (χ3n) is 3.83. The van der Waals surface area contributed by atoms with E-state index in [9.17, 15) is 9.59 Å². The molecule has 0 radical (unpaired) electrons. The van der Waals surface area contributed by atoms with Crippen LogP contribution in [0.1, 0.15) is 11.1 Å². The van der Waals surface area contributed by atoms with Gasteiger partial charge in [0.2, 0.25) is 0 Å². The highest BCUT2D eigenvalue weighted by molar-refractivity contribution is 9.10. The molecule has 1 saturated heterocycles. The Balaban J connectivity index is 1.80. The monoisotopic (exact) mass is 529 g/mol. The number of hydrogen-bond donors (Lipinski definition) is 0. The molecule has 9 heteroatoms. The van der Waals surface area contributed by atoms with Crippen LogP contribution in [0.2, 0.25) is 15.1 Å². The van der Waals surface area contributed by atoms with E-state index in [0.29, 0.717) is 30.9 Å². The second-order valence-corrected chi connectivity index (χ2v) is 8.91. The molecule has 0 aromatic heterocycles. The molecule has 1 aliphatic rings. The number of rotatable bonds is 5. The summed E-state index contributed by atoms with van der Waals surface area (Å²) in [6, 6.07) is 8.50. The normalized spacial score (nSPS) is 15.1. The largest absolute Gasteiger partial charge is 0.486 e.